The van der Waals surface area contributed by atoms with Crippen molar-refractivity contribution in [2.24, 2.45) is 0 Å². The van der Waals surface area contributed by atoms with Crippen LogP contribution in [0.25, 0.3) is 11.1 Å². The zero-order valence-corrected chi connectivity index (χ0v) is 12.9. The maximum Gasteiger partial charge on any atom is 0.418 e. The van der Waals surface area contributed by atoms with E-state index in [2.05, 4.69) is 5.10 Å². The highest BCUT2D eigenvalue weighted by Gasteiger charge is 2.34. The molecule has 0 unspecified atom stereocenters. The van der Waals surface area contributed by atoms with E-state index in [1.165, 1.54) is 12.3 Å². The SMILES string of the molecule is Nc1c(Cl)cc(-c2cnn(C3CCOCC3)c2)cc1C(F)(F)F. The second-order valence-electron chi connectivity index (χ2n) is 5.47. The lowest BCUT2D eigenvalue weighted by molar-refractivity contribution is -0.136. The summed E-state index contributed by atoms with van der Waals surface area (Å²) in [7, 11) is 0. The fourth-order valence-electron chi connectivity index (χ4n) is 2.66. The number of alkyl halides is 3. The Morgan fingerprint density at radius 3 is 2.57 bits per heavy atom. The maximum absolute atomic E-state index is 13.0. The zero-order chi connectivity index (χ0) is 16.6. The normalized spacial score (nSPS) is 16.7. The van der Waals surface area contributed by atoms with Crippen LogP contribution in [0.1, 0.15) is 24.4 Å². The van der Waals surface area contributed by atoms with Gasteiger partial charge in [0.15, 0.2) is 0 Å². The highest BCUT2D eigenvalue weighted by Crippen LogP contribution is 2.40. The first-order valence-electron chi connectivity index (χ1n) is 7.15. The zero-order valence-electron chi connectivity index (χ0n) is 12.1. The van der Waals surface area contributed by atoms with Crippen LogP contribution in [-0.2, 0) is 10.9 Å². The summed E-state index contributed by atoms with van der Waals surface area (Å²) in [6.45, 7) is 1.32. The van der Waals surface area contributed by atoms with E-state index in [4.69, 9.17) is 22.1 Å². The largest absolute Gasteiger partial charge is 0.418 e. The third-order valence-corrected chi connectivity index (χ3v) is 4.25. The first-order chi connectivity index (χ1) is 10.9. The molecule has 1 saturated heterocycles. The molecule has 3 rings (SSSR count). The molecule has 1 aliphatic heterocycles. The smallest absolute Gasteiger partial charge is 0.397 e. The summed E-state index contributed by atoms with van der Waals surface area (Å²) >= 11 is 5.86. The average molecular weight is 346 g/mol. The molecule has 0 amide bonds. The molecule has 0 radical (unpaired) electrons. The average Bonchev–Trinajstić information content (AvgIpc) is 2.99. The van der Waals surface area contributed by atoms with Crippen LogP contribution in [0.3, 0.4) is 0 Å². The molecule has 2 N–H and O–H groups in total. The highest BCUT2D eigenvalue weighted by molar-refractivity contribution is 6.33. The van der Waals surface area contributed by atoms with Crippen molar-refractivity contribution in [1.29, 1.82) is 0 Å². The lowest BCUT2D eigenvalue weighted by atomic mass is 10.0. The van der Waals surface area contributed by atoms with Gasteiger partial charge in [-0.25, -0.2) is 0 Å². The van der Waals surface area contributed by atoms with Gasteiger partial charge in [0.2, 0.25) is 0 Å². The summed E-state index contributed by atoms with van der Waals surface area (Å²) < 4.78 is 46.2. The molecular formula is C15H15ClF3N3O. The molecule has 2 heterocycles. The van der Waals surface area contributed by atoms with Gasteiger partial charge in [0.05, 0.1) is 28.5 Å². The number of hydrogen-bond donors (Lipinski definition) is 1. The van der Waals surface area contributed by atoms with Gasteiger partial charge in [0.1, 0.15) is 0 Å². The van der Waals surface area contributed by atoms with Crippen molar-refractivity contribution in [1.82, 2.24) is 9.78 Å². The van der Waals surface area contributed by atoms with Gasteiger partial charge in [-0.1, -0.05) is 11.6 Å². The molecule has 0 aliphatic carbocycles. The number of anilines is 1. The van der Waals surface area contributed by atoms with Crippen LogP contribution in [0.5, 0.6) is 0 Å². The van der Waals surface area contributed by atoms with Crippen LogP contribution in [0, 0.1) is 0 Å². The van der Waals surface area contributed by atoms with Gasteiger partial charge in [-0.05, 0) is 30.5 Å². The molecule has 4 nitrogen and oxygen atoms in total. The van der Waals surface area contributed by atoms with E-state index in [0.717, 1.165) is 18.9 Å². The first kappa shape index (κ1) is 16.1. The number of rotatable bonds is 2. The number of nitrogens with zero attached hydrogens (tertiary/aromatic N) is 2. The standard InChI is InChI=1S/C15H15ClF3N3O/c16-13-6-9(5-12(14(13)20)15(17,18)19)10-7-21-22(8-10)11-1-3-23-4-2-11/h5-8,11H,1-4,20H2. The minimum absolute atomic E-state index is 0.117. The second kappa shape index (κ2) is 6.05. The summed E-state index contributed by atoms with van der Waals surface area (Å²) in [5, 5.41) is 4.15. The molecular weight excluding hydrogens is 331 g/mol. The first-order valence-corrected chi connectivity index (χ1v) is 7.52. The van der Waals surface area contributed by atoms with Crippen LogP contribution >= 0.6 is 11.6 Å². The number of benzene rings is 1. The lowest BCUT2D eigenvalue weighted by Gasteiger charge is -2.22. The molecule has 0 spiro atoms. The number of aromatic nitrogens is 2. The van der Waals surface area contributed by atoms with E-state index in [1.807, 2.05) is 0 Å². The molecule has 0 atom stereocenters. The maximum atomic E-state index is 13.0. The van der Waals surface area contributed by atoms with Crippen molar-refractivity contribution < 1.29 is 17.9 Å². The molecule has 23 heavy (non-hydrogen) atoms. The van der Waals surface area contributed by atoms with Crippen molar-refractivity contribution in [3.05, 3.63) is 35.1 Å². The summed E-state index contributed by atoms with van der Waals surface area (Å²) in [6.07, 6.45) is 0.380. The van der Waals surface area contributed by atoms with Crippen molar-refractivity contribution in [2.75, 3.05) is 18.9 Å². The van der Waals surface area contributed by atoms with E-state index >= 15 is 0 Å². The van der Waals surface area contributed by atoms with Crippen molar-refractivity contribution in [3.8, 4) is 11.1 Å². The Morgan fingerprint density at radius 2 is 1.91 bits per heavy atom. The molecule has 1 aromatic heterocycles. The van der Waals surface area contributed by atoms with Gasteiger partial charge in [-0.3, -0.25) is 4.68 Å². The van der Waals surface area contributed by atoms with Crippen LogP contribution in [0.4, 0.5) is 18.9 Å². The molecule has 2 aromatic rings. The number of halogens is 4. The summed E-state index contributed by atoms with van der Waals surface area (Å²) in [4.78, 5) is 0. The van der Waals surface area contributed by atoms with Crippen molar-refractivity contribution >= 4 is 17.3 Å². The Bertz CT molecular complexity index is 708. The van der Waals surface area contributed by atoms with Gasteiger partial charge in [0, 0.05) is 25.0 Å². The van der Waals surface area contributed by atoms with Crippen molar-refractivity contribution in [3.63, 3.8) is 0 Å². The number of nitrogens with two attached hydrogens (primary N) is 1. The minimum atomic E-state index is -4.56. The van der Waals surface area contributed by atoms with E-state index in [-0.39, 0.29) is 11.1 Å². The Labute approximate surface area is 136 Å². The summed E-state index contributed by atoms with van der Waals surface area (Å²) in [6, 6.07) is 2.63. The monoisotopic (exact) mass is 345 g/mol. The Kier molecular flexibility index (Phi) is 4.25. The molecule has 0 saturated carbocycles. The Hall–Kier alpha value is -1.73. The molecule has 1 fully saturated rings. The topological polar surface area (TPSA) is 53.1 Å². The van der Waals surface area contributed by atoms with Gasteiger partial charge in [0.25, 0.3) is 0 Å². The summed E-state index contributed by atoms with van der Waals surface area (Å²) in [5.74, 6) is 0. The van der Waals surface area contributed by atoms with Crippen LogP contribution < -0.4 is 5.73 Å². The van der Waals surface area contributed by atoms with Gasteiger partial charge >= 0.3 is 6.18 Å². The fourth-order valence-corrected chi connectivity index (χ4v) is 2.87. The number of ether oxygens (including phenoxy) is 1. The second-order valence-corrected chi connectivity index (χ2v) is 5.88. The predicted octanol–water partition coefficient (Wildman–Crippen LogP) is 4.16. The van der Waals surface area contributed by atoms with Crippen LogP contribution in [0.15, 0.2) is 24.5 Å². The number of nitrogen functional groups attached to an aromatic ring is 1. The van der Waals surface area contributed by atoms with Crippen LogP contribution in [-0.4, -0.2) is 23.0 Å². The van der Waals surface area contributed by atoms with Crippen molar-refractivity contribution in [2.45, 2.75) is 25.1 Å². The molecule has 1 aliphatic rings. The third-order valence-electron chi connectivity index (χ3n) is 3.93. The number of hydrogen-bond acceptors (Lipinski definition) is 3. The molecule has 1 aromatic carbocycles. The van der Waals surface area contributed by atoms with E-state index in [0.29, 0.717) is 24.3 Å². The molecule has 124 valence electrons. The lowest BCUT2D eigenvalue weighted by Crippen LogP contribution is -2.19. The van der Waals surface area contributed by atoms with Gasteiger partial charge in [-0.2, -0.15) is 18.3 Å². The predicted molar refractivity (Wildman–Crippen MR) is 81.2 cm³/mol. The fraction of sp³-hybridized carbons (Fsp3) is 0.400. The highest BCUT2D eigenvalue weighted by atomic mass is 35.5. The minimum Gasteiger partial charge on any atom is -0.397 e. The quantitative estimate of drug-likeness (QED) is 0.832. The van der Waals surface area contributed by atoms with Gasteiger partial charge in [-0.15, -0.1) is 0 Å². The Balaban J connectivity index is 1.96. The van der Waals surface area contributed by atoms with Crippen LogP contribution in [0.2, 0.25) is 5.02 Å². The summed E-state index contributed by atoms with van der Waals surface area (Å²) in [5.41, 5.74) is 4.98. The van der Waals surface area contributed by atoms with E-state index in [1.54, 1.807) is 10.9 Å². The van der Waals surface area contributed by atoms with E-state index in [9.17, 15) is 13.2 Å². The third kappa shape index (κ3) is 3.30. The molecule has 0 bridgehead atoms. The van der Waals surface area contributed by atoms with E-state index < -0.39 is 17.4 Å². The van der Waals surface area contributed by atoms with Gasteiger partial charge < -0.3 is 10.5 Å². The Morgan fingerprint density at radius 1 is 1.22 bits per heavy atom. The molecule has 8 heteroatoms.